The monoisotopic (exact) mass is 268 g/mol. The highest BCUT2D eigenvalue weighted by Gasteiger charge is 2.35. The van der Waals surface area contributed by atoms with Crippen molar-refractivity contribution >= 4 is 5.97 Å². The van der Waals surface area contributed by atoms with E-state index in [2.05, 4.69) is 0 Å². The number of halogens is 1. The summed E-state index contributed by atoms with van der Waals surface area (Å²) in [6.07, 6.45) is 0.390. The second-order valence-corrected chi connectivity index (χ2v) is 4.74. The van der Waals surface area contributed by atoms with Crippen molar-refractivity contribution in [3.8, 4) is 5.75 Å². The van der Waals surface area contributed by atoms with Crippen LogP contribution in [0.4, 0.5) is 4.39 Å². The number of carboxylic acid groups (broad SMARTS) is 1. The molecule has 0 bridgehead atoms. The maximum absolute atomic E-state index is 13.7. The Balaban J connectivity index is 2.18. The van der Waals surface area contributed by atoms with Crippen LogP contribution in [0.1, 0.15) is 12.0 Å². The van der Waals surface area contributed by atoms with Crippen LogP contribution in [0.3, 0.4) is 0 Å². The van der Waals surface area contributed by atoms with Gasteiger partial charge in [0.25, 0.3) is 0 Å². The molecule has 1 saturated heterocycles. The number of carboxylic acids is 1. The molecule has 1 aromatic rings. The summed E-state index contributed by atoms with van der Waals surface area (Å²) in [5, 5.41) is 9.13. The fraction of sp³-hybridized carbons (Fsp3) is 0.462. The molecule has 0 aliphatic carbocycles. The van der Waals surface area contributed by atoms with E-state index >= 15 is 0 Å². The molecule has 3 N–H and O–H groups in total. The van der Waals surface area contributed by atoms with E-state index < -0.39 is 12.0 Å². The van der Waals surface area contributed by atoms with Crippen molar-refractivity contribution in [1.82, 2.24) is 4.90 Å². The molecule has 2 atom stereocenters. The van der Waals surface area contributed by atoms with Crippen LogP contribution < -0.4 is 10.5 Å². The molecule has 19 heavy (non-hydrogen) atoms. The lowest BCUT2D eigenvalue weighted by molar-refractivity contribution is -0.142. The average molecular weight is 268 g/mol. The third kappa shape index (κ3) is 3.02. The van der Waals surface area contributed by atoms with Crippen LogP contribution in [-0.2, 0) is 11.3 Å². The summed E-state index contributed by atoms with van der Waals surface area (Å²) >= 11 is 0. The number of rotatable bonds is 4. The SMILES string of the molecule is COc1ccc(F)c(CN2C[C@@H](N)C[C@H]2C(=O)O)c1. The minimum Gasteiger partial charge on any atom is -0.497 e. The zero-order valence-electron chi connectivity index (χ0n) is 10.7. The Kier molecular flexibility index (Phi) is 4.01. The normalized spacial score (nSPS) is 23.5. The molecule has 1 heterocycles. The summed E-state index contributed by atoms with van der Waals surface area (Å²) < 4.78 is 18.8. The first-order valence-corrected chi connectivity index (χ1v) is 6.06. The highest BCUT2D eigenvalue weighted by molar-refractivity contribution is 5.74. The highest BCUT2D eigenvalue weighted by atomic mass is 19.1. The van der Waals surface area contributed by atoms with Crippen molar-refractivity contribution in [1.29, 1.82) is 0 Å². The smallest absolute Gasteiger partial charge is 0.320 e. The van der Waals surface area contributed by atoms with E-state index in [1.54, 1.807) is 11.0 Å². The van der Waals surface area contributed by atoms with Gasteiger partial charge >= 0.3 is 5.97 Å². The van der Waals surface area contributed by atoms with Crippen molar-refractivity contribution in [2.75, 3.05) is 13.7 Å². The van der Waals surface area contributed by atoms with Gasteiger partial charge in [0.15, 0.2) is 0 Å². The zero-order valence-corrected chi connectivity index (χ0v) is 10.7. The lowest BCUT2D eigenvalue weighted by Crippen LogP contribution is -2.35. The second kappa shape index (κ2) is 5.54. The average Bonchev–Trinajstić information content (AvgIpc) is 2.73. The van der Waals surface area contributed by atoms with Gasteiger partial charge in [0, 0.05) is 24.7 Å². The Hall–Kier alpha value is -1.66. The maximum atomic E-state index is 13.7. The van der Waals surface area contributed by atoms with Crippen LogP contribution >= 0.6 is 0 Å². The summed E-state index contributed by atoms with van der Waals surface area (Å²) in [7, 11) is 1.50. The number of nitrogens with zero attached hydrogens (tertiary/aromatic N) is 1. The van der Waals surface area contributed by atoms with Crippen LogP contribution in [0.5, 0.6) is 5.75 Å². The molecule has 1 aromatic carbocycles. The van der Waals surface area contributed by atoms with Crippen molar-refractivity contribution in [2.45, 2.75) is 25.0 Å². The van der Waals surface area contributed by atoms with Crippen LogP contribution in [0.15, 0.2) is 18.2 Å². The van der Waals surface area contributed by atoms with Crippen LogP contribution in [0.2, 0.25) is 0 Å². The van der Waals surface area contributed by atoms with E-state index in [9.17, 15) is 9.18 Å². The number of likely N-dealkylation sites (tertiary alicyclic amines) is 1. The number of aliphatic carboxylic acids is 1. The lowest BCUT2D eigenvalue weighted by atomic mass is 10.1. The van der Waals surface area contributed by atoms with E-state index in [-0.39, 0.29) is 18.4 Å². The largest absolute Gasteiger partial charge is 0.497 e. The molecule has 6 heteroatoms. The molecular weight excluding hydrogens is 251 g/mol. The van der Waals surface area contributed by atoms with Crippen molar-refractivity contribution in [2.24, 2.45) is 5.73 Å². The molecule has 0 spiro atoms. The van der Waals surface area contributed by atoms with Crippen molar-refractivity contribution in [3.05, 3.63) is 29.6 Å². The van der Waals surface area contributed by atoms with E-state index in [4.69, 9.17) is 15.6 Å². The highest BCUT2D eigenvalue weighted by Crippen LogP contribution is 2.23. The van der Waals surface area contributed by atoms with Crippen molar-refractivity contribution < 1.29 is 19.0 Å². The molecule has 0 unspecified atom stereocenters. The lowest BCUT2D eigenvalue weighted by Gasteiger charge is -2.21. The molecule has 1 aliphatic heterocycles. The number of nitrogens with two attached hydrogens (primary N) is 1. The Morgan fingerprint density at radius 3 is 3.00 bits per heavy atom. The quantitative estimate of drug-likeness (QED) is 0.845. The summed E-state index contributed by atoms with van der Waals surface area (Å²) in [5.74, 6) is -0.742. The van der Waals surface area contributed by atoms with Crippen LogP contribution in [-0.4, -0.2) is 41.7 Å². The summed E-state index contributed by atoms with van der Waals surface area (Å²) in [6.45, 7) is 0.668. The van der Waals surface area contributed by atoms with Gasteiger partial charge in [-0.15, -0.1) is 0 Å². The van der Waals surface area contributed by atoms with Gasteiger partial charge < -0.3 is 15.6 Å². The van der Waals surface area contributed by atoms with Gasteiger partial charge in [-0.3, -0.25) is 9.69 Å². The van der Waals surface area contributed by atoms with Gasteiger partial charge in [-0.1, -0.05) is 0 Å². The molecule has 5 nitrogen and oxygen atoms in total. The molecule has 2 rings (SSSR count). The first kappa shape index (κ1) is 13.8. The first-order valence-electron chi connectivity index (χ1n) is 6.06. The van der Waals surface area contributed by atoms with Crippen LogP contribution in [0.25, 0.3) is 0 Å². The van der Waals surface area contributed by atoms with E-state index in [1.807, 2.05) is 0 Å². The molecule has 1 aliphatic rings. The number of hydrogen-bond donors (Lipinski definition) is 2. The predicted octanol–water partition coefficient (Wildman–Crippen LogP) is 0.820. The standard InChI is InChI=1S/C13H17FN2O3/c1-19-10-2-3-11(14)8(4-10)6-16-7-9(15)5-12(16)13(17)18/h2-4,9,12H,5-7,15H2,1H3,(H,17,18)/t9-,12-/m0/s1. The van der Waals surface area contributed by atoms with Gasteiger partial charge in [-0.2, -0.15) is 0 Å². The molecule has 1 fully saturated rings. The Bertz CT molecular complexity index is 481. The Morgan fingerprint density at radius 1 is 1.63 bits per heavy atom. The number of methoxy groups -OCH3 is 1. The van der Waals surface area contributed by atoms with Crippen LogP contribution in [0, 0.1) is 5.82 Å². The van der Waals surface area contributed by atoms with Gasteiger partial charge in [-0.05, 0) is 24.6 Å². The fourth-order valence-corrected chi connectivity index (χ4v) is 2.39. The van der Waals surface area contributed by atoms with Gasteiger partial charge in [0.2, 0.25) is 0 Å². The number of hydrogen-bond acceptors (Lipinski definition) is 4. The topological polar surface area (TPSA) is 75.8 Å². The number of benzene rings is 1. The third-order valence-electron chi connectivity index (χ3n) is 3.35. The van der Waals surface area contributed by atoms with E-state index in [0.717, 1.165) is 0 Å². The van der Waals surface area contributed by atoms with E-state index in [1.165, 1.54) is 19.2 Å². The molecule has 104 valence electrons. The molecule has 0 saturated carbocycles. The Labute approximate surface area is 110 Å². The number of ether oxygens (including phenoxy) is 1. The second-order valence-electron chi connectivity index (χ2n) is 4.74. The molecular formula is C13H17FN2O3. The summed E-state index contributed by atoms with van der Waals surface area (Å²) in [5.41, 5.74) is 6.19. The maximum Gasteiger partial charge on any atom is 0.320 e. The van der Waals surface area contributed by atoms with Gasteiger partial charge in [0.1, 0.15) is 17.6 Å². The predicted molar refractivity (Wildman–Crippen MR) is 67.4 cm³/mol. The zero-order chi connectivity index (χ0) is 14.0. The summed E-state index contributed by atoms with van der Waals surface area (Å²) in [6, 6.07) is 3.59. The van der Waals surface area contributed by atoms with E-state index in [0.29, 0.717) is 24.3 Å². The number of carbonyl (C=O) groups is 1. The molecule has 0 aromatic heterocycles. The van der Waals surface area contributed by atoms with Gasteiger partial charge in [0.05, 0.1) is 7.11 Å². The minimum absolute atomic E-state index is 0.185. The minimum atomic E-state index is -0.920. The molecule has 0 amide bonds. The Morgan fingerprint density at radius 2 is 2.37 bits per heavy atom. The first-order chi connectivity index (χ1) is 9.01. The van der Waals surface area contributed by atoms with Crippen molar-refractivity contribution in [3.63, 3.8) is 0 Å². The fourth-order valence-electron chi connectivity index (χ4n) is 2.39. The molecule has 0 radical (unpaired) electrons. The third-order valence-corrected chi connectivity index (χ3v) is 3.35. The van der Waals surface area contributed by atoms with Gasteiger partial charge in [-0.25, -0.2) is 4.39 Å². The summed E-state index contributed by atoms with van der Waals surface area (Å²) in [4.78, 5) is 12.8.